The minimum Gasteiger partial charge on any atom is -0.490 e. The largest absolute Gasteiger partial charge is 0.490 e. The van der Waals surface area contributed by atoms with Crippen molar-refractivity contribution in [3.8, 4) is 5.75 Å². The van der Waals surface area contributed by atoms with E-state index in [1.54, 1.807) is 13.2 Å². The number of allylic oxidation sites excluding steroid dienone is 3. The summed E-state index contributed by atoms with van der Waals surface area (Å²) in [7, 11) is 0. The van der Waals surface area contributed by atoms with Crippen molar-refractivity contribution < 1.29 is 38.3 Å². The molecule has 268 valence electrons. The number of aliphatic hydroxyl groups is 3. The van der Waals surface area contributed by atoms with E-state index in [2.05, 4.69) is 24.0 Å². The summed E-state index contributed by atoms with van der Waals surface area (Å²) in [6.45, 7) is 5.92. The lowest BCUT2D eigenvalue weighted by atomic mass is 9.72. The Morgan fingerprint density at radius 1 is 1.04 bits per heavy atom. The minimum absolute atomic E-state index is 0.0886. The van der Waals surface area contributed by atoms with Gasteiger partial charge in [-0.2, -0.15) is 0 Å². The Labute approximate surface area is 292 Å². The molecule has 3 saturated heterocycles. The van der Waals surface area contributed by atoms with Gasteiger partial charge in [0.2, 0.25) is 0 Å². The molecule has 10 atom stereocenters. The van der Waals surface area contributed by atoms with Crippen molar-refractivity contribution in [2.24, 2.45) is 11.1 Å². The number of nitrogens with zero attached hydrogens (tertiary/aromatic N) is 1. The van der Waals surface area contributed by atoms with Crippen LogP contribution in [0.5, 0.6) is 5.75 Å². The van der Waals surface area contributed by atoms with Gasteiger partial charge in [-0.1, -0.05) is 44.2 Å². The van der Waals surface area contributed by atoms with Gasteiger partial charge in [0.1, 0.15) is 53.7 Å². The number of hydrogen-bond donors (Lipinski definition) is 4. The first-order chi connectivity index (χ1) is 23.5. The van der Waals surface area contributed by atoms with Crippen molar-refractivity contribution in [1.82, 2.24) is 4.90 Å². The number of piperidine rings is 1. The molecule has 2 aromatic rings. The van der Waals surface area contributed by atoms with E-state index in [-0.39, 0.29) is 12.1 Å². The third kappa shape index (κ3) is 7.79. The first-order valence-corrected chi connectivity index (χ1v) is 18.7. The number of hydrogen-bond acceptors (Lipinski definition) is 9. The second-order valence-corrected chi connectivity index (χ2v) is 15.1. The van der Waals surface area contributed by atoms with E-state index in [1.807, 2.05) is 30.3 Å². The molecule has 0 amide bonds. The first-order valence-electron chi connectivity index (χ1n) is 17.4. The molecule has 3 heterocycles. The van der Waals surface area contributed by atoms with Crippen LogP contribution in [-0.4, -0.2) is 100 Å². The number of nitrogens with two attached hydrogens (primary N) is 1. The highest BCUT2D eigenvalue weighted by Crippen LogP contribution is 2.42. The summed E-state index contributed by atoms with van der Waals surface area (Å²) in [5, 5.41) is 31.4. The molecule has 0 saturated carbocycles. The van der Waals surface area contributed by atoms with E-state index in [0.29, 0.717) is 19.4 Å². The monoisotopic (exact) mass is 700 g/mol. The Hall–Kier alpha value is -2.35. The molecule has 0 bridgehead atoms. The van der Waals surface area contributed by atoms with Gasteiger partial charge in [-0.05, 0) is 91.0 Å². The van der Waals surface area contributed by atoms with Crippen LogP contribution in [0.2, 0.25) is 0 Å². The molecule has 2 aromatic carbocycles. The molecule has 4 aliphatic rings. The zero-order valence-electron chi connectivity index (χ0n) is 28.5. The number of likely N-dealkylation sites (tertiary alicyclic amines) is 1. The summed E-state index contributed by atoms with van der Waals surface area (Å²) in [5.41, 5.74) is 8.98. The quantitative estimate of drug-likeness (QED) is 0.294. The highest BCUT2D eigenvalue weighted by Gasteiger charge is 2.48. The molecule has 3 aliphatic heterocycles. The molecule has 3 unspecified atom stereocenters. The number of ether oxygens (including phenoxy) is 3. The van der Waals surface area contributed by atoms with Gasteiger partial charge in [-0.3, -0.25) is 4.90 Å². The Morgan fingerprint density at radius 2 is 1.78 bits per heavy atom. The van der Waals surface area contributed by atoms with Crippen LogP contribution in [0.15, 0.2) is 66.5 Å². The molecular formula is C38H50F2N2O6S. The van der Waals surface area contributed by atoms with Gasteiger partial charge in [0.05, 0.1) is 18.1 Å². The summed E-state index contributed by atoms with van der Waals surface area (Å²) in [5.74, 6) is 0.366. The summed E-state index contributed by atoms with van der Waals surface area (Å²) in [4.78, 5) is 2.38. The zero-order valence-corrected chi connectivity index (χ0v) is 29.3. The topological polar surface area (TPSA) is 118 Å². The molecule has 3 fully saturated rings. The van der Waals surface area contributed by atoms with E-state index in [1.165, 1.54) is 29.5 Å². The second-order valence-electron chi connectivity index (χ2n) is 14.2. The number of rotatable bonds is 9. The Kier molecular flexibility index (Phi) is 11.5. The van der Waals surface area contributed by atoms with Gasteiger partial charge >= 0.3 is 0 Å². The summed E-state index contributed by atoms with van der Waals surface area (Å²) in [6.07, 6.45) is 3.21. The number of halogens is 2. The molecule has 0 aromatic heterocycles. The third-order valence-electron chi connectivity index (χ3n) is 10.8. The Bertz CT molecular complexity index is 1490. The lowest BCUT2D eigenvalue weighted by molar-refractivity contribution is -0.200. The number of aryl methyl sites for hydroxylation is 1. The van der Waals surface area contributed by atoms with Crippen LogP contribution in [0.1, 0.15) is 61.5 Å². The highest BCUT2D eigenvalue weighted by molar-refractivity contribution is 7.99. The maximum Gasteiger partial charge on any atom is 0.132 e. The average molecular weight is 701 g/mol. The van der Waals surface area contributed by atoms with E-state index in [4.69, 9.17) is 19.9 Å². The van der Waals surface area contributed by atoms with E-state index in [0.717, 1.165) is 60.9 Å². The Morgan fingerprint density at radius 3 is 2.45 bits per heavy atom. The molecule has 11 heteroatoms. The van der Waals surface area contributed by atoms with Gasteiger partial charge in [0, 0.05) is 25.2 Å². The fourth-order valence-corrected chi connectivity index (χ4v) is 8.57. The molecule has 0 radical (unpaired) electrons. The number of benzene rings is 2. The standard InChI is InChI=1S/C38H50F2N2O6S/c1-4-23-7-8-24(35-33(44)32(43)34(45)37(48-35)49-3)18-25(23)17-22-5-10-28(11-6-22)47-29-13-15-42(16-14-29)27-19-30(41)36(46-21-27)38(2)20-26(39)9-12-31(38)40/h5-12,18,20,27,29-37,43-45H,4,13-17,19,21,41H2,1-3H3/t27?,30-,31?,32+,33+,34-,35-,36-,37+,38?/m0/s1. The van der Waals surface area contributed by atoms with Crippen molar-refractivity contribution in [3.05, 3.63) is 88.8 Å². The molecule has 49 heavy (non-hydrogen) atoms. The maximum atomic E-state index is 14.8. The van der Waals surface area contributed by atoms with E-state index >= 15 is 0 Å². The molecule has 0 spiro atoms. The van der Waals surface area contributed by atoms with Crippen LogP contribution in [0.4, 0.5) is 8.78 Å². The van der Waals surface area contributed by atoms with E-state index < -0.39 is 59.4 Å². The highest BCUT2D eigenvalue weighted by atomic mass is 32.2. The first kappa shape index (κ1) is 36.4. The van der Waals surface area contributed by atoms with E-state index in [9.17, 15) is 24.1 Å². The molecule has 8 nitrogen and oxygen atoms in total. The maximum absolute atomic E-state index is 14.8. The molecule has 6 rings (SSSR count). The van der Waals surface area contributed by atoms with Gasteiger partial charge in [-0.15, -0.1) is 11.8 Å². The van der Waals surface area contributed by atoms with Gasteiger partial charge in [-0.25, -0.2) is 8.78 Å². The predicted molar refractivity (Wildman–Crippen MR) is 187 cm³/mol. The smallest absolute Gasteiger partial charge is 0.132 e. The summed E-state index contributed by atoms with van der Waals surface area (Å²) in [6, 6.07) is 13.9. The van der Waals surface area contributed by atoms with Gasteiger partial charge in [0.15, 0.2) is 0 Å². The SMILES string of the molecule is CCc1ccc([C@@H]2O[C@H](SC)[C@@H](O)[C@H](O)[C@H]2O)cc1Cc1ccc(OC2CCN(C3CO[C@H](C4(C)C=C(F)C=CC4F)[C@@H](N)C3)CC2)cc1. The number of thioether (sulfide) groups is 1. The van der Waals surface area contributed by atoms with Crippen LogP contribution < -0.4 is 10.5 Å². The minimum atomic E-state index is -1.35. The van der Waals surface area contributed by atoms with Crippen molar-refractivity contribution >= 4 is 11.8 Å². The Balaban J connectivity index is 1.01. The van der Waals surface area contributed by atoms with Crippen molar-refractivity contribution in [1.29, 1.82) is 0 Å². The summed E-state index contributed by atoms with van der Waals surface area (Å²) >= 11 is 1.31. The normalized spacial score (nSPS) is 36.0. The summed E-state index contributed by atoms with van der Waals surface area (Å²) < 4.78 is 47.4. The van der Waals surface area contributed by atoms with Crippen molar-refractivity contribution in [2.45, 2.75) is 106 Å². The van der Waals surface area contributed by atoms with Crippen LogP contribution in [0, 0.1) is 5.41 Å². The van der Waals surface area contributed by atoms with Gasteiger partial charge < -0.3 is 35.3 Å². The van der Waals surface area contributed by atoms with Crippen LogP contribution >= 0.6 is 11.8 Å². The fraction of sp³-hybridized carbons (Fsp3) is 0.579. The molecular weight excluding hydrogens is 650 g/mol. The lowest BCUT2D eigenvalue weighted by Crippen LogP contribution is -2.59. The van der Waals surface area contributed by atoms with Crippen molar-refractivity contribution in [2.75, 3.05) is 26.0 Å². The van der Waals surface area contributed by atoms with Gasteiger partial charge in [0.25, 0.3) is 0 Å². The number of aliphatic hydroxyl groups excluding tert-OH is 3. The van der Waals surface area contributed by atoms with Crippen LogP contribution in [-0.2, 0) is 22.3 Å². The second kappa shape index (κ2) is 15.5. The average Bonchev–Trinajstić information content (AvgIpc) is 3.10. The number of alkyl halides is 1. The predicted octanol–water partition coefficient (Wildman–Crippen LogP) is 4.78. The van der Waals surface area contributed by atoms with Crippen LogP contribution in [0.3, 0.4) is 0 Å². The lowest BCUT2D eigenvalue weighted by Gasteiger charge is -2.48. The third-order valence-corrected chi connectivity index (χ3v) is 11.7. The van der Waals surface area contributed by atoms with Crippen LogP contribution in [0.25, 0.3) is 0 Å². The van der Waals surface area contributed by atoms with Crippen molar-refractivity contribution in [3.63, 3.8) is 0 Å². The zero-order chi connectivity index (χ0) is 34.9. The molecule has 1 aliphatic carbocycles. The molecule has 5 N–H and O–H groups in total. The fourth-order valence-electron chi connectivity index (χ4n) is 7.89.